The van der Waals surface area contributed by atoms with Gasteiger partial charge in [-0.2, -0.15) is 0 Å². The second-order valence-corrected chi connectivity index (χ2v) is 5.93. The highest BCUT2D eigenvalue weighted by Crippen LogP contribution is 2.30. The van der Waals surface area contributed by atoms with E-state index in [4.69, 9.17) is 0 Å². The quantitative estimate of drug-likeness (QED) is 0.923. The Kier molecular flexibility index (Phi) is 2.66. The molecule has 3 heterocycles. The predicted molar refractivity (Wildman–Crippen MR) is 71.9 cm³/mol. The van der Waals surface area contributed by atoms with Crippen LogP contribution in [0.2, 0.25) is 0 Å². The van der Waals surface area contributed by atoms with Gasteiger partial charge >= 0.3 is 0 Å². The van der Waals surface area contributed by atoms with Crippen LogP contribution in [0.1, 0.15) is 37.6 Å². The summed E-state index contributed by atoms with van der Waals surface area (Å²) in [5.74, 6) is 0.181. The summed E-state index contributed by atoms with van der Waals surface area (Å²) < 4.78 is 2.15. The van der Waals surface area contributed by atoms with Crippen molar-refractivity contribution in [3.05, 3.63) is 23.0 Å². The lowest BCUT2D eigenvalue weighted by Crippen LogP contribution is -2.43. The summed E-state index contributed by atoms with van der Waals surface area (Å²) in [6.07, 6.45) is 5.49. The number of nitrogens with zero attached hydrogens (tertiary/aromatic N) is 2. The van der Waals surface area contributed by atoms with E-state index in [0.717, 1.165) is 29.9 Å². The minimum atomic E-state index is -0.0697. The number of carbonyl (C=O) groups excluding carboxylic acids is 1. The van der Waals surface area contributed by atoms with Crippen molar-refractivity contribution in [3.8, 4) is 0 Å². The van der Waals surface area contributed by atoms with E-state index in [0.29, 0.717) is 6.42 Å². The van der Waals surface area contributed by atoms with Crippen LogP contribution >= 0.6 is 11.3 Å². The second-order valence-electron chi connectivity index (χ2n) is 5.06. The topological polar surface area (TPSA) is 46.4 Å². The first-order valence-electron chi connectivity index (χ1n) is 6.35. The minimum Gasteiger partial charge on any atom is -0.350 e. The van der Waals surface area contributed by atoms with Gasteiger partial charge in [0, 0.05) is 35.7 Å². The van der Waals surface area contributed by atoms with E-state index in [-0.39, 0.29) is 11.4 Å². The number of carbonyl (C=O) groups is 1. The van der Waals surface area contributed by atoms with Gasteiger partial charge < -0.3 is 5.32 Å². The van der Waals surface area contributed by atoms with Crippen molar-refractivity contribution in [2.24, 2.45) is 0 Å². The van der Waals surface area contributed by atoms with Gasteiger partial charge in [-0.1, -0.05) is 6.92 Å². The van der Waals surface area contributed by atoms with Crippen molar-refractivity contribution in [3.63, 3.8) is 0 Å². The third-order valence-electron chi connectivity index (χ3n) is 3.98. The molecular formula is C13H17N3OS. The molecule has 0 spiro atoms. The van der Waals surface area contributed by atoms with Crippen LogP contribution in [0.15, 0.2) is 11.6 Å². The third kappa shape index (κ3) is 1.73. The molecular weight excluding hydrogens is 246 g/mol. The van der Waals surface area contributed by atoms with Crippen LogP contribution < -0.4 is 5.32 Å². The average molecular weight is 263 g/mol. The van der Waals surface area contributed by atoms with Crippen LogP contribution in [-0.4, -0.2) is 20.8 Å². The number of hydrogen-bond acceptors (Lipinski definition) is 3. The van der Waals surface area contributed by atoms with Gasteiger partial charge in [-0.15, -0.1) is 11.3 Å². The first-order chi connectivity index (χ1) is 8.63. The summed E-state index contributed by atoms with van der Waals surface area (Å²) >= 11 is 1.65. The maximum Gasteiger partial charge on any atom is 0.220 e. The Bertz CT molecular complexity index is 600. The maximum atomic E-state index is 11.5. The largest absolute Gasteiger partial charge is 0.350 e. The first-order valence-corrected chi connectivity index (χ1v) is 7.23. The predicted octanol–water partition coefficient (Wildman–Crippen LogP) is 2.31. The number of thiazole rings is 1. The highest BCUT2D eigenvalue weighted by atomic mass is 32.1. The third-order valence-corrected chi connectivity index (χ3v) is 4.74. The van der Waals surface area contributed by atoms with E-state index in [9.17, 15) is 4.79 Å². The van der Waals surface area contributed by atoms with Gasteiger partial charge in [-0.3, -0.25) is 9.20 Å². The van der Waals surface area contributed by atoms with Crippen LogP contribution in [0.3, 0.4) is 0 Å². The molecule has 2 aromatic heterocycles. The van der Waals surface area contributed by atoms with Gasteiger partial charge in [0.05, 0.1) is 5.69 Å². The molecule has 1 unspecified atom stereocenters. The van der Waals surface area contributed by atoms with Gasteiger partial charge in [0.25, 0.3) is 0 Å². The Morgan fingerprint density at radius 3 is 3.11 bits per heavy atom. The molecule has 5 heteroatoms. The summed E-state index contributed by atoms with van der Waals surface area (Å²) in [5.41, 5.74) is 2.24. The van der Waals surface area contributed by atoms with Crippen molar-refractivity contribution in [1.29, 1.82) is 0 Å². The lowest BCUT2D eigenvalue weighted by atomic mass is 9.88. The zero-order valence-corrected chi connectivity index (χ0v) is 11.5. The second kappa shape index (κ2) is 4.09. The molecule has 0 saturated carbocycles. The molecule has 1 atom stereocenters. The van der Waals surface area contributed by atoms with Crippen LogP contribution in [0, 0.1) is 6.92 Å². The van der Waals surface area contributed by atoms with Crippen LogP contribution in [0.4, 0.5) is 0 Å². The Morgan fingerprint density at radius 1 is 1.61 bits per heavy atom. The number of rotatable bonds is 3. The number of aromatic nitrogens is 2. The summed E-state index contributed by atoms with van der Waals surface area (Å²) in [5, 5.41) is 5.22. The van der Waals surface area contributed by atoms with E-state index in [1.807, 2.05) is 0 Å². The summed E-state index contributed by atoms with van der Waals surface area (Å²) in [4.78, 5) is 17.1. The molecule has 1 saturated heterocycles. The molecule has 1 fully saturated rings. The zero-order chi connectivity index (χ0) is 12.8. The summed E-state index contributed by atoms with van der Waals surface area (Å²) in [6.45, 7) is 4.20. The number of nitrogens with one attached hydrogen (secondary N) is 1. The average Bonchev–Trinajstić information content (AvgIpc) is 2.99. The Morgan fingerprint density at radius 2 is 2.44 bits per heavy atom. The van der Waals surface area contributed by atoms with Crippen molar-refractivity contribution in [2.75, 3.05) is 0 Å². The Balaban J connectivity index is 1.98. The van der Waals surface area contributed by atoms with E-state index < -0.39 is 0 Å². The van der Waals surface area contributed by atoms with Crippen LogP contribution in [0.25, 0.3) is 4.96 Å². The smallest absolute Gasteiger partial charge is 0.220 e. The van der Waals surface area contributed by atoms with Crippen LogP contribution in [0.5, 0.6) is 0 Å². The van der Waals surface area contributed by atoms with Crippen molar-refractivity contribution in [1.82, 2.24) is 14.7 Å². The molecule has 2 aromatic rings. The standard InChI is InChI=1S/C13H17N3OS/c1-3-13(5-4-11(17)15-13)8-10-9(2)14-12-16(10)6-7-18-12/h6-7H,3-5,8H2,1-2H3,(H,15,17). The van der Waals surface area contributed by atoms with E-state index in [1.165, 1.54) is 5.69 Å². The van der Waals surface area contributed by atoms with Gasteiger partial charge in [-0.05, 0) is 19.8 Å². The fraction of sp³-hybridized carbons (Fsp3) is 0.538. The number of amides is 1. The molecule has 0 aliphatic carbocycles. The molecule has 1 N–H and O–H groups in total. The van der Waals surface area contributed by atoms with Gasteiger partial charge in [-0.25, -0.2) is 4.98 Å². The lowest BCUT2D eigenvalue weighted by Gasteiger charge is -2.27. The van der Waals surface area contributed by atoms with Crippen molar-refractivity contribution >= 4 is 22.2 Å². The molecule has 0 bridgehead atoms. The highest BCUT2D eigenvalue weighted by molar-refractivity contribution is 7.15. The molecule has 18 heavy (non-hydrogen) atoms. The lowest BCUT2D eigenvalue weighted by molar-refractivity contribution is -0.119. The van der Waals surface area contributed by atoms with E-state index >= 15 is 0 Å². The zero-order valence-electron chi connectivity index (χ0n) is 10.7. The van der Waals surface area contributed by atoms with Crippen LogP contribution in [-0.2, 0) is 11.2 Å². The Labute approximate surface area is 110 Å². The molecule has 3 rings (SSSR count). The molecule has 1 aliphatic rings. The molecule has 1 aliphatic heterocycles. The number of fused-ring (bicyclic) bond motifs is 1. The van der Waals surface area contributed by atoms with Gasteiger partial charge in [0.1, 0.15) is 0 Å². The SMILES string of the molecule is CCC1(Cc2c(C)nc3sccn23)CCC(=O)N1. The van der Waals surface area contributed by atoms with E-state index in [2.05, 4.69) is 40.1 Å². The fourth-order valence-electron chi connectivity index (χ4n) is 2.77. The maximum absolute atomic E-state index is 11.5. The molecule has 1 amide bonds. The Hall–Kier alpha value is -1.36. The number of hydrogen-bond donors (Lipinski definition) is 1. The van der Waals surface area contributed by atoms with Crippen molar-refractivity contribution in [2.45, 2.75) is 45.1 Å². The first kappa shape index (κ1) is 11.7. The van der Waals surface area contributed by atoms with E-state index in [1.54, 1.807) is 11.3 Å². The number of aryl methyl sites for hydroxylation is 1. The number of imidazole rings is 1. The van der Waals surface area contributed by atoms with Gasteiger partial charge in [0.15, 0.2) is 4.96 Å². The van der Waals surface area contributed by atoms with Gasteiger partial charge in [0.2, 0.25) is 5.91 Å². The molecule has 0 aromatic carbocycles. The molecule has 0 radical (unpaired) electrons. The van der Waals surface area contributed by atoms with Crippen molar-refractivity contribution < 1.29 is 4.79 Å². The highest BCUT2D eigenvalue weighted by Gasteiger charge is 2.37. The summed E-state index contributed by atoms with van der Waals surface area (Å²) in [6, 6.07) is 0. The summed E-state index contributed by atoms with van der Waals surface area (Å²) in [7, 11) is 0. The normalized spacial score (nSPS) is 23.8. The fourth-order valence-corrected chi connectivity index (χ4v) is 3.55. The minimum absolute atomic E-state index is 0.0697. The molecule has 96 valence electrons. The monoisotopic (exact) mass is 263 g/mol. The molecule has 4 nitrogen and oxygen atoms in total.